The van der Waals surface area contributed by atoms with Crippen molar-refractivity contribution >= 4 is 23.4 Å². The molecular weight excluding hydrogens is 268 g/mol. The Kier molecular flexibility index (Phi) is 6.21. The number of hydrogen-bond donors (Lipinski definition) is 2. The second kappa shape index (κ2) is 7.68. The van der Waals surface area contributed by atoms with Crippen molar-refractivity contribution in [3.63, 3.8) is 0 Å². The minimum atomic E-state index is -0.375. The van der Waals surface area contributed by atoms with E-state index in [1.54, 1.807) is 0 Å². The van der Waals surface area contributed by atoms with Crippen LogP contribution in [0.2, 0.25) is 5.15 Å². The maximum absolute atomic E-state index is 11.6. The average molecular weight is 285 g/mol. The van der Waals surface area contributed by atoms with Gasteiger partial charge in [0, 0.05) is 19.0 Å². The van der Waals surface area contributed by atoms with Crippen molar-refractivity contribution in [3.05, 3.63) is 23.2 Å². The van der Waals surface area contributed by atoms with Gasteiger partial charge in [-0.05, 0) is 13.3 Å². The predicted molar refractivity (Wildman–Crippen MR) is 71.9 cm³/mol. The first-order valence-electron chi connectivity index (χ1n) is 6.08. The number of hydrogen-bond acceptors (Lipinski definition) is 4. The molecule has 1 unspecified atom stereocenters. The molecule has 0 saturated carbocycles. The van der Waals surface area contributed by atoms with Gasteiger partial charge in [0.25, 0.3) is 5.91 Å². The molecule has 0 bridgehead atoms. The van der Waals surface area contributed by atoms with E-state index in [0.717, 1.165) is 6.42 Å². The van der Waals surface area contributed by atoms with E-state index in [0.29, 0.717) is 0 Å². The molecule has 2 N–H and O–H groups in total. The van der Waals surface area contributed by atoms with Crippen LogP contribution in [0.3, 0.4) is 0 Å². The van der Waals surface area contributed by atoms with E-state index in [-0.39, 0.29) is 41.7 Å². The molecule has 6 nitrogen and oxygen atoms in total. The lowest BCUT2D eigenvalue weighted by Gasteiger charge is -2.11. The van der Waals surface area contributed by atoms with Gasteiger partial charge in [-0.15, -0.1) is 0 Å². The van der Waals surface area contributed by atoms with Gasteiger partial charge < -0.3 is 10.6 Å². The van der Waals surface area contributed by atoms with Crippen molar-refractivity contribution in [3.8, 4) is 0 Å². The summed E-state index contributed by atoms with van der Waals surface area (Å²) in [6.07, 6.45) is 3.69. The number of amides is 2. The summed E-state index contributed by atoms with van der Waals surface area (Å²) < 4.78 is 0. The summed E-state index contributed by atoms with van der Waals surface area (Å²) in [5, 5.41) is 5.64. The van der Waals surface area contributed by atoms with E-state index in [4.69, 9.17) is 11.6 Å². The smallest absolute Gasteiger partial charge is 0.271 e. The normalized spacial score (nSPS) is 11.7. The molecule has 7 heteroatoms. The largest absolute Gasteiger partial charge is 0.354 e. The molecule has 0 fully saturated rings. The molecule has 1 heterocycles. The fourth-order valence-electron chi connectivity index (χ4n) is 1.26. The van der Waals surface area contributed by atoms with Crippen molar-refractivity contribution in [2.45, 2.75) is 32.7 Å². The molecule has 104 valence electrons. The molecule has 0 radical (unpaired) electrons. The molecule has 1 aromatic heterocycles. The van der Waals surface area contributed by atoms with Crippen LogP contribution >= 0.6 is 11.6 Å². The highest BCUT2D eigenvalue weighted by Crippen LogP contribution is 2.00. The van der Waals surface area contributed by atoms with Crippen LogP contribution in [0.15, 0.2) is 12.4 Å². The highest BCUT2D eigenvalue weighted by Gasteiger charge is 2.09. The number of halogens is 1. The monoisotopic (exact) mass is 284 g/mol. The fourth-order valence-corrected chi connectivity index (χ4v) is 1.36. The first kappa shape index (κ1) is 15.4. The summed E-state index contributed by atoms with van der Waals surface area (Å²) in [4.78, 5) is 30.7. The Morgan fingerprint density at radius 3 is 2.68 bits per heavy atom. The minimum absolute atomic E-state index is 0.0863. The van der Waals surface area contributed by atoms with Crippen LogP contribution < -0.4 is 10.6 Å². The van der Waals surface area contributed by atoms with Crippen molar-refractivity contribution in [2.75, 3.05) is 6.54 Å². The molecule has 1 aromatic rings. The quantitative estimate of drug-likeness (QED) is 0.821. The minimum Gasteiger partial charge on any atom is -0.354 e. The number of nitrogens with zero attached hydrogens (tertiary/aromatic N) is 2. The fraction of sp³-hybridized carbons (Fsp3) is 0.500. The van der Waals surface area contributed by atoms with Gasteiger partial charge in [-0.1, -0.05) is 18.5 Å². The van der Waals surface area contributed by atoms with Crippen molar-refractivity contribution in [1.29, 1.82) is 0 Å². The van der Waals surface area contributed by atoms with Crippen molar-refractivity contribution in [2.24, 2.45) is 0 Å². The molecule has 0 aliphatic rings. The van der Waals surface area contributed by atoms with Crippen LogP contribution in [0, 0.1) is 0 Å². The second-order valence-electron chi connectivity index (χ2n) is 4.11. The molecule has 0 aliphatic heterocycles. The molecule has 1 rings (SSSR count). The Labute approximate surface area is 117 Å². The maximum Gasteiger partial charge on any atom is 0.271 e. The summed E-state index contributed by atoms with van der Waals surface area (Å²) in [6.45, 7) is 4.18. The lowest BCUT2D eigenvalue weighted by Crippen LogP contribution is -2.35. The zero-order valence-corrected chi connectivity index (χ0v) is 11.7. The maximum atomic E-state index is 11.6. The van der Waals surface area contributed by atoms with Gasteiger partial charge in [0.15, 0.2) is 0 Å². The average Bonchev–Trinajstić information content (AvgIpc) is 2.39. The molecule has 2 amide bonds. The molecule has 1 atom stereocenters. The highest BCUT2D eigenvalue weighted by atomic mass is 35.5. The van der Waals surface area contributed by atoms with Crippen LogP contribution in [0.4, 0.5) is 0 Å². The molecule has 0 aliphatic carbocycles. The Bertz CT molecular complexity index is 436. The lowest BCUT2D eigenvalue weighted by atomic mass is 10.2. The SMILES string of the molecule is CCC(C)NC(=O)CCNC(=O)c1cnc(Cl)cn1. The summed E-state index contributed by atoms with van der Waals surface area (Å²) in [5.41, 5.74) is 0.173. The van der Waals surface area contributed by atoms with E-state index in [9.17, 15) is 9.59 Å². The Hall–Kier alpha value is -1.69. The van der Waals surface area contributed by atoms with Gasteiger partial charge in [0.05, 0.1) is 12.4 Å². The lowest BCUT2D eigenvalue weighted by molar-refractivity contribution is -0.121. The Morgan fingerprint density at radius 2 is 2.11 bits per heavy atom. The third kappa shape index (κ3) is 5.65. The second-order valence-corrected chi connectivity index (χ2v) is 4.49. The molecule has 19 heavy (non-hydrogen) atoms. The third-order valence-corrected chi connectivity index (χ3v) is 2.71. The van der Waals surface area contributed by atoms with Crippen molar-refractivity contribution < 1.29 is 9.59 Å². The predicted octanol–water partition coefficient (Wildman–Crippen LogP) is 1.16. The van der Waals surface area contributed by atoms with Gasteiger partial charge in [-0.25, -0.2) is 9.97 Å². The van der Waals surface area contributed by atoms with Gasteiger partial charge in [0.1, 0.15) is 10.8 Å². The zero-order chi connectivity index (χ0) is 14.3. The van der Waals surface area contributed by atoms with E-state index in [1.165, 1.54) is 12.4 Å². The van der Waals surface area contributed by atoms with Gasteiger partial charge in [-0.3, -0.25) is 9.59 Å². The number of carbonyl (C=O) groups is 2. The van der Waals surface area contributed by atoms with Crippen LogP contribution in [-0.2, 0) is 4.79 Å². The van der Waals surface area contributed by atoms with Crippen molar-refractivity contribution in [1.82, 2.24) is 20.6 Å². The highest BCUT2D eigenvalue weighted by molar-refractivity contribution is 6.29. The first-order valence-corrected chi connectivity index (χ1v) is 6.45. The van der Waals surface area contributed by atoms with Gasteiger partial charge in [-0.2, -0.15) is 0 Å². The number of carbonyl (C=O) groups excluding carboxylic acids is 2. The number of nitrogens with one attached hydrogen (secondary N) is 2. The number of aromatic nitrogens is 2. The molecular formula is C12H17ClN4O2. The van der Waals surface area contributed by atoms with Crippen LogP contribution in [0.25, 0.3) is 0 Å². The van der Waals surface area contributed by atoms with Crippen LogP contribution in [0.1, 0.15) is 37.2 Å². The summed E-state index contributed by atoms with van der Waals surface area (Å²) in [6, 6.07) is 0.144. The zero-order valence-electron chi connectivity index (χ0n) is 10.9. The van der Waals surface area contributed by atoms with Gasteiger partial charge in [0.2, 0.25) is 5.91 Å². The van der Waals surface area contributed by atoms with E-state index in [2.05, 4.69) is 20.6 Å². The van der Waals surface area contributed by atoms with Crippen LogP contribution in [0.5, 0.6) is 0 Å². The van der Waals surface area contributed by atoms with E-state index in [1.807, 2.05) is 13.8 Å². The first-order chi connectivity index (χ1) is 9.02. The molecule has 0 spiro atoms. The number of rotatable bonds is 6. The molecule has 0 aromatic carbocycles. The van der Waals surface area contributed by atoms with Gasteiger partial charge >= 0.3 is 0 Å². The summed E-state index contributed by atoms with van der Waals surface area (Å²) in [5.74, 6) is -0.461. The van der Waals surface area contributed by atoms with E-state index >= 15 is 0 Å². The summed E-state index contributed by atoms with van der Waals surface area (Å²) >= 11 is 5.57. The Balaban J connectivity index is 2.31. The third-order valence-electron chi connectivity index (χ3n) is 2.51. The molecule has 0 saturated heterocycles. The summed E-state index contributed by atoms with van der Waals surface area (Å²) in [7, 11) is 0. The standard InChI is InChI=1S/C12H17ClN4O2/c1-3-8(2)17-11(18)4-5-14-12(19)9-6-16-10(13)7-15-9/h6-8H,3-5H2,1-2H3,(H,14,19)(H,17,18). The Morgan fingerprint density at radius 1 is 1.37 bits per heavy atom. The topological polar surface area (TPSA) is 84.0 Å². The van der Waals surface area contributed by atoms with E-state index < -0.39 is 0 Å². The van der Waals surface area contributed by atoms with Crippen LogP contribution in [-0.4, -0.2) is 34.4 Å².